The van der Waals surface area contributed by atoms with Crippen LogP contribution in [0, 0.1) is 0 Å². The van der Waals surface area contributed by atoms with E-state index in [9.17, 15) is 8.42 Å². The molecular weight excluding hydrogens is 231 g/mol. The Bertz CT molecular complexity index is 383. The summed E-state index contributed by atoms with van der Waals surface area (Å²) in [5, 5.41) is 8.89. The van der Waals surface area contributed by atoms with Gasteiger partial charge in [0, 0.05) is 5.97 Å². The van der Waals surface area contributed by atoms with Crippen molar-refractivity contribution < 1.29 is 52.4 Å². The number of rotatable bonds is 1. The first-order valence-corrected chi connectivity index (χ1v) is 4.98. The molecule has 0 aliphatic rings. The van der Waals surface area contributed by atoms with Gasteiger partial charge in [-0.2, -0.15) is 8.42 Å². The molecule has 0 spiro atoms. The van der Waals surface area contributed by atoms with Gasteiger partial charge in [0.1, 0.15) is 0 Å². The average molecular weight is 240 g/mol. The molecule has 0 atom stereocenters. The van der Waals surface area contributed by atoms with Crippen molar-refractivity contribution >= 4 is 16.1 Å². The van der Waals surface area contributed by atoms with Crippen LogP contribution in [0.1, 0.15) is 6.92 Å². The van der Waals surface area contributed by atoms with Gasteiger partial charge in [-0.15, -0.1) is 0 Å². The molecule has 0 bridgehead atoms. The van der Waals surface area contributed by atoms with Crippen molar-refractivity contribution in [3.8, 4) is 0 Å². The van der Waals surface area contributed by atoms with Crippen LogP contribution in [0.5, 0.6) is 0 Å². The molecule has 7 heteroatoms. The van der Waals surface area contributed by atoms with Crippen molar-refractivity contribution in [1.82, 2.24) is 0 Å². The van der Waals surface area contributed by atoms with Gasteiger partial charge in [0.15, 0.2) is 0 Å². The Morgan fingerprint density at radius 1 is 1.27 bits per heavy atom. The normalized spacial score (nSPS) is 9.20. The van der Waals surface area contributed by atoms with Crippen molar-refractivity contribution in [2.75, 3.05) is 0 Å². The van der Waals surface area contributed by atoms with E-state index in [-0.39, 0.29) is 34.5 Å². The molecule has 0 aliphatic heterocycles. The third-order valence-corrected chi connectivity index (χ3v) is 1.91. The Morgan fingerprint density at radius 3 is 1.80 bits per heavy atom. The molecule has 15 heavy (non-hydrogen) atoms. The fourth-order valence-corrected chi connectivity index (χ4v) is 1.09. The standard InChI is InChI=1S/C6H6O3S.C2H4O2.Na/c7-10(8,9)6-4-2-1-3-5-6;1-2(3)4;/h1-5H,(H,7,8,9);1H3,(H,3,4);/q;;+1/p-1. The van der Waals surface area contributed by atoms with Crippen LogP contribution in [0.3, 0.4) is 0 Å². The number of carbonyl (C=O) groups excluding carboxylic acids is 1. The first-order valence-electron chi connectivity index (χ1n) is 3.54. The van der Waals surface area contributed by atoms with Crippen molar-refractivity contribution in [3.05, 3.63) is 30.3 Å². The molecule has 0 aliphatic carbocycles. The predicted molar refractivity (Wildman–Crippen MR) is 46.9 cm³/mol. The average Bonchev–Trinajstić information content (AvgIpc) is 2.03. The maximum atomic E-state index is 10.4. The summed E-state index contributed by atoms with van der Waals surface area (Å²) < 4.78 is 29.2. The zero-order valence-electron chi connectivity index (χ0n) is 8.38. The third kappa shape index (κ3) is 9.89. The minimum Gasteiger partial charge on any atom is -0.550 e. The van der Waals surface area contributed by atoms with Crippen LogP contribution in [0.25, 0.3) is 0 Å². The van der Waals surface area contributed by atoms with Crippen molar-refractivity contribution in [3.63, 3.8) is 0 Å². The van der Waals surface area contributed by atoms with Crippen LogP contribution in [-0.2, 0) is 14.9 Å². The summed E-state index contributed by atoms with van der Waals surface area (Å²) in [6.45, 7) is 0.972. The number of aliphatic carboxylic acids is 1. The fraction of sp³-hybridized carbons (Fsp3) is 0.125. The van der Waals surface area contributed by atoms with Crippen LogP contribution in [-0.4, -0.2) is 18.9 Å². The van der Waals surface area contributed by atoms with E-state index in [1.54, 1.807) is 18.2 Å². The Labute approximate surface area is 110 Å². The van der Waals surface area contributed by atoms with Gasteiger partial charge < -0.3 is 9.90 Å². The van der Waals surface area contributed by atoms with Gasteiger partial charge in [0.05, 0.1) is 4.90 Å². The monoisotopic (exact) mass is 240 g/mol. The fourth-order valence-electron chi connectivity index (χ4n) is 0.592. The van der Waals surface area contributed by atoms with Crippen molar-refractivity contribution in [2.45, 2.75) is 11.8 Å². The summed E-state index contributed by atoms with van der Waals surface area (Å²) in [5.41, 5.74) is 0. The van der Waals surface area contributed by atoms with Crippen LogP contribution in [0.2, 0.25) is 0 Å². The summed E-state index contributed by atoms with van der Waals surface area (Å²) in [5.74, 6) is -1.08. The smallest absolute Gasteiger partial charge is 0.550 e. The van der Waals surface area contributed by atoms with Gasteiger partial charge in [-0.25, -0.2) is 0 Å². The van der Waals surface area contributed by atoms with Gasteiger partial charge in [-0.3, -0.25) is 4.55 Å². The van der Waals surface area contributed by atoms with Gasteiger partial charge >= 0.3 is 29.6 Å². The summed E-state index contributed by atoms with van der Waals surface area (Å²) >= 11 is 0. The second-order valence-electron chi connectivity index (χ2n) is 2.28. The van der Waals surface area contributed by atoms with Crippen LogP contribution < -0.4 is 34.7 Å². The maximum Gasteiger partial charge on any atom is 1.00 e. The molecule has 0 aromatic heterocycles. The molecule has 1 N–H and O–H groups in total. The van der Waals surface area contributed by atoms with E-state index in [1.165, 1.54) is 12.1 Å². The molecule has 0 fully saturated rings. The van der Waals surface area contributed by atoms with E-state index in [4.69, 9.17) is 14.5 Å². The molecule has 1 rings (SSSR count). The number of hydrogen-bond donors (Lipinski definition) is 1. The summed E-state index contributed by atoms with van der Waals surface area (Å²) in [4.78, 5) is 8.81. The number of carbonyl (C=O) groups is 1. The summed E-state index contributed by atoms with van der Waals surface area (Å²) in [6.07, 6.45) is 0. The Hall–Kier alpha value is -0.400. The Balaban J connectivity index is 0. The van der Waals surface area contributed by atoms with Crippen LogP contribution in [0.15, 0.2) is 35.2 Å². The SMILES string of the molecule is CC(=O)[O-].O=S(=O)(O)c1ccccc1.[Na+]. The van der Waals surface area contributed by atoms with E-state index in [2.05, 4.69) is 0 Å². The second kappa shape index (κ2) is 7.84. The quantitative estimate of drug-likeness (QED) is 0.410. The molecular formula is C8H9NaO5S. The molecule has 0 heterocycles. The first-order chi connectivity index (χ1) is 6.34. The molecule has 0 amide bonds. The molecule has 0 radical (unpaired) electrons. The van der Waals surface area contributed by atoms with Gasteiger partial charge in [-0.05, 0) is 19.1 Å². The maximum absolute atomic E-state index is 10.4. The number of benzene rings is 1. The molecule has 1 aromatic carbocycles. The topological polar surface area (TPSA) is 94.5 Å². The molecule has 0 saturated carbocycles. The molecule has 0 saturated heterocycles. The Morgan fingerprint density at radius 2 is 1.60 bits per heavy atom. The molecule has 78 valence electrons. The minimum atomic E-state index is -4.00. The van der Waals surface area contributed by atoms with Crippen molar-refractivity contribution in [1.29, 1.82) is 0 Å². The zero-order valence-corrected chi connectivity index (χ0v) is 11.2. The third-order valence-electron chi connectivity index (χ3n) is 1.04. The first kappa shape index (κ1) is 17.0. The van der Waals surface area contributed by atoms with E-state index >= 15 is 0 Å². The van der Waals surface area contributed by atoms with Crippen LogP contribution in [0.4, 0.5) is 0 Å². The van der Waals surface area contributed by atoms with E-state index in [0.29, 0.717) is 0 Å². The largest absolute Gasteiger partial charge is 1.00 e. The Kier molecular flexibility index (Phi) is 8.89. The summed E-state index contributed by atoms with van der Waals surface area (Å²) in [7, 11) is -4.00. The number of carboxylic acid groups (broad SMARTS) is 1. The van der Waals surface area contributed by atoms with Crippen LogP contribution >= 0.6 is 0 Å². The molecule has 1 aromatic rings. The van der Waals surface area contributed by atoms with Gasteiger partial charge in [-0.1, -0.05) is 18.2 Å². The minimum absolute atomic E-state index is 0. The van der Waals surface area contributed by atoms with E-state index in [1.807, 2.05) is 0 Å². The van der Waals surface area contributed by atoms with Gasteiger partial charge in [0.25, 0.3) is 10.1 Å². The van der Waals surface area contributed by atoms with E-state index in [0.717, 1.165) is 6.92 Å². The van der Waals surface area contributed by atoms with Crippen molar-refractivity contribution in [2.24, 2.45) is 0 Å². The number of carboxylic acids is 1. The van der Waals surface area contributed by atoms with Gasteiger partial charge in [0.2, 0.25) is 0 Å². The summed E-state index contributed by atoms with van der Waals surface area (Å²) in [6, 6.07) is 7.42. The molecule has 0 unspecified atom stereocenters. The second-order valence-corrected chi connectivity index (χ2v) is 3.70. The number of hydrogen-bond acceptors (Lipinski definition) is 4. The predicted octanol–water partition coefficient (Wildman–Crippen LogP) is -3.31. The zero-order chi connectivity index (χ0) is 11.2. The molecule has 5 nitrogen and oxygen atoms in total. The van der Waals surface area contributed by atoms with E-state index < -0.39 is 16.1 Å².